The van der Waals surface area contributed by atoms with E-state index in [0.29, 0.717) is 18.0 Å². The van der Waals surface area contributed by atoms with Gasteiger partial charge in [-0.25, -0.2) is 0 Å². The molecule has 5 heteroatoms. The predicted octanol–water partition coefficient (Wildman–Crippen LogP) is 4.76. The quantitative estimate of drug-likeness (QED) is 0.617. The summed E-state index contributed by atoms with van der Waals surface area (Å²) in [5.41, 5.74) is 3.20. The van der Waals surface area contributed by atoms with E-state index in [0.717, 1.165) is 30.1 Å². The molecule has 0 fully saturated rings. The Balaban J connectivity index is 1.60. The van der Waals surface area contributed by atoms with Crippen LogP contribution in [-0.2, 0) is 6.61 Å². The van der Waals surface area contributed by atoms with E-state index < -0.39 is 0 Å². The summed E-state index contributed by atoms with van der Waals surface area (Å²) in [6, 6.07) is 21.1. The zero-order valence-corrected chi connectivity index (χ0v) is 16.3. The molecular formula is C23H25N3O2. The Hall–Kier alpha value is -3.34. The van der Waals surface area contributed by atoms with Gasteiger partial charge in [-0.2, -0.15) is 0 Å². The number of carbonyl (C=O) groups excluding carboxylic acids is 1. The van der Waals surface area contributed by atoms with Crippen LogP contribution in [0.25, 0.3) is 0 Å². The number of pyridine rings is 1. The van der Waals surface area contributed by atoms with Gasteiger partial charge in [0.15, 0.2) is 0 Å². The minimum absolute atomic E-state index is 0.230. The van der Waals surface area contributed by atoms with E-state index in [1.807, 2.05) is 66.7 Å². The molecule has 0 unspecified atom stereocenters. The third-order valence-corrected chi connectivity index (χ3v) is 4.47. The Labute approximate surface area is 166 Å². The Bertz CT molecular complexity index is 891. The molecule has 0 aliphatic rings. The Morgan fingerprint density at radius 1 is 1.00 bits per heavy atom. The highest BCUT2D eigenvalue weighted by atomic mass is 16.5. The highest BCUT2D eigenvalue weighted by Gasteiger charge is 2.11. The van der Waals surface area contributed by atoms with Gasteiger partial charge in [-0.3, -0.25) is 9.78 Å². The van der Waals surface area contributed by atoms with Gasteiger partial charge in [0.1, 0.15) is 18.1 Å². The fourth-order valence-corrected chi connectivity index (χ4v) is 2.90. The molecule has 3 aromatic rings. The number of ether oxygens (including phenoxy) is 1. The van der Waals surface area contributed by atoms with Crippen LogP contribution in [0.15, 0.2) is 72.9 Å². The summed E-state index contributed by atoms with van der Waals surface area (Å²) < 4.78 is 5.77. The molecule has 28 heavy (non-hydrogen) atoms. The van der Waals surface area contributed by atoms with Gasteiger partial charge >= 0.3 is 0 Å². The summed E-state index contributed by atoms with van der Waals surface area (Å²) in [6.07, 6.45) is 1.67. The van der Waals surface area contributed by atoms with E-state index in [1.165, 1.54) is 0 Å². The largest absolute Gasteiger partial charge is 0.489 e. The summed E-state index contributed by atoms with van der Waals surface area (Å²) in [5.74, 6) is 0.524. The molecule has 0 spiro atoms. The van der Waals surface area contributed by atoms with Crippen molar-refractivity contribution in [3.8, 4) is 5.75 Å². The van der Waals surface area contributed by atoms with E-state index in [4.69, 9.17) is 4.74 Å². The van der Waals surface area contributed by atoms with Gasteiger partial charge in [0, 0.05) is 30.7 Å². The maximum atomic E-state index is 12.5. The Kier molecular flexibility index (Phi) is 6.63. The second-order valence-corrected chi connectivity index (χ2v) is 6.32. The average molecular weight is 375 g/mol. The molecule has 144 valence electrons. The van der Waals surface area contributed by atoms with Crippen molar-refractivity contribution >= 4 is 17.3 Å². The first-order chi connectivity index (χ1) is 13.7. The number of benzene rings is 2. The minimum atomic E-state index is -0.230. The summed E-state index contributed by atoms with van der Waals surface area (Å²) in [4.78, 5) is 18.9. The third-order valence-electron chi connectivity index (χ3n) is 4.47. The van der Waals surface area contributed by atoms with E-state index in [2.05, 4.69) is 29.0 Å². The average Bonchev–Trinajstić information content (AvgIpc) is 2.75. The smallest absolute Gasteiger partial charge is 0.274 e. The number of hydrogen-bond acceptors (Lipinski definition) is 4. The van der Waals surface area contributed by atoms with Crippen LogP contribution in [0.2, 0.25) is 0 Å². The molecule has 1 N–H and O–H groups in total. The van der Waals surface area contributed by atoms with Crippen molar-refractivity contribution in [2.45, 2.75) is 20.5 Å². The molecule has 1 amide bonds. The van der Waals surface area contributed by atoms with Crippen LogP contribution in [0.3, 0.4) is 0 Å². The first kappa shape index (κ1) is 19.4. The van der Waals surface area contributed by atoms with Crippen LogP contribution in [-0.4, -0.2) is 24.0 Å². The molecule has 1 heterocycles. The van der Waals surface area contributed by atoms with Crippen molar-refractivity contribution in [3.63, 3.8) is 0 Å². The van der Waals surface area contributed by atoms with Gasteiger partial charge in [0.05, 0.1) is 0 Å². The number of nitrogens with zero attached hydrogens (tertiary/aromatic N) is 2. The first-order valence-electron chi connectivity index (χ1n) is 9.48. The lowest BCUT2D eigenvalue weighted by molar-refractivity contribution is 0.102. The van der Waals surface area contributed by atoms with E-state index in [9.17, 15) is 4.79 Å². The summed E-state index contributed by atoms with van der Waals surface area (Å²) >= 11 is 0. The zero-order chi connectivity index (χ0) is 19.8. The van der Waals surface area contributed by atoms with Gasteiger partial charge in [0.2, 0.25) is 0 Å². The normalized spacial score (nSPS) is 10.4. The van der Waals surface area contributed by atoms with Crippen molar-refractivity contribution < 1.29 is 9.53 Å². The third kappa shape index (κ3) is 5.10. The van der Waals surface area contributed by atoms with Crippen molar-refractivity contribution in [2.75, 3.05) is 23.3 Å². The molecule has 0 saturated heterocycles. The number of anilines is 2. The summed E-state index contributed by atoms with van der Waals surface area (Å²) in [7, 11) is 0. The molecular weight excluding hydrogens is 350 g/mol. The van der Waals surface area contributed by atoms with Crippen molar-refractivity contribution in [1.82, 2.24) is 4.98 Å². The maximum absolute atomic E-state index is 12.5. The lowest BCUT2D eigenvalue weighted by Crippen LogP contribution is -2.22. The summed E-state index contributed by atoms with van der Waals surface area (Å²) in [5, 5.41) is 2.89. The molecule has 0 aliphatic heterocycles. The van der Waals surface area contributed by atoms with Crippen molar-refractivity contribution in [1.29, 1.82) is 0 Å². The highest BCUT2D eigenvalue weighted by molar-refractivity contribution is 6.03. The molecule has 0 saturated carbocycles. The minimum Gasteiger partial charge on any atom is -0.489 e. The topological polar surface area (TPSA) is 54.5 Å². The van der Waals surface area contributed by atoms with Crippen LogP contribution >= 0.6 is 0 Å². The molecule has 3 rings (SSSR count). The number of rotatable bonds is 8. The SMILES string of the molecule is CCN(CC)c1ccnc(C(=O)Nc2ccc(OCc3ccccc3)cc2)c1. The molecule has 5 nitrogen and oxygen atoms in total. The number of hydrogen-bond donors (Lipinski definition) is 1. The van der Waals surface area contributed by atoms with Crippen LogP contribution in [0.4, 0.5) is 11.4 Å². The van der Waals surface area contributed by atoms with Crippen molar-refractivity contribution in [2.24, 2.45) is 0 Å². The standard InChI is InChI=1S/C23H25N3O2/c1-3-26(4-2)20-14-15-24-22(16-20)23(27)25-19-10-12-21(13-11-19)28-17-18-8-6-5-7-9-18/h5-16H,3-4,17H2,1-2H3,(H,25,27). The lowest BCUT2D eigenvalue weighted by atomic mass is 10.2. The predicted molar refractivity (Wildman–Crippen MR) is 113 cm³/mol. The molecule has 1 aromatic heterocycles. The first-order valence-corrected chi connectivity index (χ1v) is 9.48. The van der Waals surface area contributed by atoms with Crippen LogP contribution in [0.1, 0.15) is 29.9 Å². The number of nitrogens with one attached hydrogen (secondary N) is 1. The van der Waals surface area contributed by atoms with Crippen LogP contribution in [0.5, 0.6) is 5.75 Å². The van der Waals surface area contributed by atoms with E-state index in [1.54, 1.807) is 6.20 Å². The zero-order valence-electron chi connectivity index (χ0n) is 16.3. The number of amides is 1. The second-order valence-electron chi connectivity index (χ2n) is 6.32. The fraction of sp³-hybridized carbons (Fsp3) is 0.217. The van der Waals surface area contributed by atoms with Gasteiger partial charge in [-0.1, -0.05) is 30.3 Å². The molecule has 0 bridgehead atoms. The van der Waals surface area contributed by atoms with Gasteiger partial charge in [-0.05, 0) is 55.8 Å². The fourth-order valence-electron chi connectivity index (χ4n) is 2.90. The van der Waals surface area contributed by atoms with Crippen LogP contribution in [0, 0.1) is 0 Å². The van der Waals surface area contributed by atoms with Crippen molar-refractivity contribution in [3.05, 3.63) is 84.2 Å². The van der Waals surface area contributed by atoms with Gasteiger partial charge in [-0.15, -0.1) is 0 Å². The number of aromatic nitrogens is 1. The van der Waals surface area contributed by atoms with E-state index >= 15 is 0 Å². The van der Waals surface area contributed by atoms with E-state index in [-0.39, 0.29) is 5.91 Å². The lowest BCUT2D eigenvalue weighted by Gasteiger charge is -2.21. The maximum Gasteiger partial charge on any atom is 0.274 e. The second kappa shape index (κ2) is 9.55. The molecule has 0 atom stereocenters. The molecule has 0 aliphatic carbocycles. The van der Waals surface area contributed by atoms with Gasteiger partial charge in [0.25, 0.3) is 5.91 Å². The highest BCUT2D eigenvalue weighted by Crippen LogP contribution is 2.19. The van der Waals surface area contributed by atoms with Gasteiger partial charge < -0.3 is 15.0 Å². The Morgan fingerprint density at radius 2 is 1.71 bits per heavy atom. The Morgan fingerprint density at radius 3 is 2.39 bits per heavy atom. The monoisotopic (exact) mass is 375 g/mol. The van der Waals surface area contributed by atoms with Crippen LogP contribution < -0.4 is 15.0 Å². The molecule has 2 aromatic carbocycles. The number of carbonyl (C=O) groups is 1. The molecule has 0 radical (unpaired) electrons. The summed E-state index contributed by atoms with van der Waals surface area (Å²) in [6.45, 7) is 6.45.